The van der Waals surface area contributed by atoms with Crippen LogP contribution in [0, 0.1) is 0 Å². The number of nitrogens with zero attached hydrogens (tertiary/aromatic N) is 2. The fourth-order valence-corrected chi connectivity index (χ4v) is 2.18. The van der Waals surface area contributed by atoms with E-state index >= 15 is 0 Å². The van der Waals surface area contributed by atoms with Crippen LogP contribution in [0.5, 0.6) is 0 Å². The number of aromatic amines is 1. The van der Waals surface area contributed by atoms with Gasteiger partial charge in [0.15, 0.2) is 5.69 Å². The fraction of sp³-hybridized carbons (Fsp3) is 0.667. The van der Waals surface area contributed by atoms with E-state index in [-0.39, 0.29) is 11.6 Å². The molecule has 0 bridgehead atoms. The summed E-state index contributed by atoms with van der Waals surface area (Å²) in [6, 6.07) is 0.313. The van der Waals surface area contributed by atoms with E-state index in [0.717, 1.165) is 19.4 Å². The molecule has 0 amide bonds. The summed E-state index contributed by atoms with van der Waals surface area (Å²) in [6.07, 6.45) is 1.89. The highest BCUT2D eigenvalue weighted by Crippen LogP contribution is 2.29. The molecule has 0 aromatic carbocycles. The first kappa shape index (κ1) is 10.1. The summed E-state index contributed by atoms with van der Waals surface area (Å²) in [5, 5.41) is 22.3. The second-order valence-corrected chi connectivity index (χ2v) is 3.73. The van der Waals surface area contributed by atoms with Gasteiger partial charge in [0, 0.05) is 12.0 Å². The molecule has 15 heavy (non-hydrogen) atoms. The molecule has 1 aliphatic heterocycles. The van der Waals surface area contributed by atoms with Crippen LogP contribution in [-0.2, 0) is 0 Å². The first-order valence-corrected chi connectivity index (χ1v) is 5.11. The van der Waals surface area contributed by atoms with Crippen molar-refractivity contribution in [1.82, 2.24) is 20.7 Å². The minimum absolute atomic E-state index is 0.0575. The molecule has 2 rings (SSSR count). The van der Waals surface area contributed by atoms with Crippen LogP contribution in [0.15, 0.2) is 0 Å². The van der Waals surface area contributed by atoms with Crippen molar-refractivity contribution in [2.24, 2.45) is 0 Å². The Labute approximate surface area is 87.1 Å². The molecule has 6 heteroatoms. The zero-order valence-corrected chi connectivity index (χ0v) is 8.53. The molecule has 0 saturated carbocycles. The van der Waals surface area contributed by atoms with Crippen molar-refractivity contribution in [3.05, 3.63) is 11.4 Å². The Morgan fingerprint density at radius 1 is 1.60 bits per heavy atom. The van der Waals surface area contributed by atoms with Gasteiger partial charge in [-0.25, -0.2) is 4.79 Å². The van der Waals surface area contributed by atoms with Crippen molar-refractivity contribution in [1.29, 1.82) is 0 Å². The van der Waals surface area contributed by atoms with Gasteiger partial charge in [-0.2, -0.15) is 10.3 Å². The summed E-state index contributed by atoms with van der Waals surface area (Å²) in [7, 11) is 0. The lowest BCUT2D eigenvalue weighted by atomic mass is 9.94. The van der Waals surface area contributed by atoms with Gasteiger partial charge in [0.2, 0.25) is 0 Å². The predicted octanol–water partition coefficient (Wildman–Crippen LogP) is 0.358. The summed E-state index contributed by atoms with van der Waals surface area (Å²) in [6.45, 7) is 2.99. The maximum absolute atomic E-state index is 10.9. The number of aromatic carboxylic acids is 1. The maximum Gasteiger partial charge on any atom is 0.358 e. The largest absolute Gasteiger partial charge is 0.476 e. The number of hydrogen-bond acceptors (Lipinski definition) is 4. The first-order chi connectivity index (χ1) is 7.24. The SMILES string of the molecule is CCC1NCCC1c1n[nH]nc1C(=O)O. The molecule has 2 atom stereocenters. The average Bonchev–Trinajstić information content (AvgIpc) is 2.85. The molecule has 1 saturated heterocycles. The normalized spacial score (nSPS) is 25.7. The second kappa shape index (κ2) is 3.98. The smallest absolute Gasteiger partial charge is 0.358 e. The van der Waals surface area contributed by atoms with Crippen molar-refractivity contribution in [2.45, 2.75) is 31.7 Å². The number of rotatable bonds is 3. The lowest BCUT2D eigenvalue weighted by molar-refractivity contribution is 0.0688. The fourth-order valence-electron chi connectivity index (χ4n) is 2.18. The molecular weight excluding hydrogens is 196 g/mol. The topological polar surface area (TPSA) is 90.9 Å². The lowest BCUT2D eigenvalue weighted by Gasteiger charge is -2.15. The zero-order chi connectivity index (χ0) is 10.8. The van der Waals surface area contributed by atoms with E-state index in [1.807, 2.05) is 0 Å². The van der Waals surface area contributed by atoms with E-state index in [0.29, 0.717) is 11.7 Å². The number of H-pyrrole nitrogens is 1. The Kier molecular flexibility index (Phi) is 2.68. The van der Waals surface area contributed by atoms with Crippen LogP contribution >= 0.6 is 0 Å². The Morgan fingerprint density at radius 3 is 3.07 bits per heavy atom. The Morgan fingerprint density at radius 2 is 2.40 bits per heavy atom. The third-order valence-electron chi connectivity index (χ3n) is 2.92. The number of nitrogens with one attached hydrogen (secondary N) is 2. The maximum atomic E-state index is 10.9. The number of carbonyl (C=O) groups is 1. The van der Waals surface area contributed by atoms with E-state index in [2.05, 4.69) is 27.7 Å². The van der Waals surface area contributed by atoms with Gasteiger partial charge in [-0.1, -0.05) is 6.92 Å². The van der Waals surface area contributed by atoms with E-state index in [9.17, 15) is 4.79 Å². The van der Waals surface area contributed by atoms with Gasteiger partial charge in [0.05, 0.1) is 0 Å². The highest BCUT2D eigenvalue weighted by molar-refractivity contribution is 5.86. The zero-order valence-electron chi connectivity index (χ0n) is 8.53. The minimum atomic E-state index is -1.01. The van der Waals surface area contributed by atoms with Gasteiger partial charge < -0.3 is 10.4 Å². The quantitative estimate of drug-likeness (QED) is 0.670. The summed E-state index contributed by atoms with van der Waals surface area (Å²) in [5.74, 6) is -0.847. The molecule has 6 nitrogen and oxygen atoms in total. The van der Waals surface area contributed by atoms with Crippen LogP contribution in [0.4, 0.5) is 0 Å². The number of carboxylic acids is 1. The van der Waals surface area contributed by atoms with Gasteiger partial charge in [-0.05, 0) is 19.4 Å². The van der Waals surface area contributed by atoms with Crippen molar-refractivity contribution >= 4 is 5.97 Å². The molecule has 82 valence electrons. The molecule has 0 radical (unpaired) electrons. The van der Waals surface area contributed by atoms with Crippen molar-refractivity contribution < 1.29 is 9.90 Å². The summed E-state index contributed by atoms with van der Waals surface area (Å²) in [5.41, 5.74) is 0.640. The Hall–Kier alpha value is -1.43. The number of carboxylic acid groups (broad SMARTS) is 1. The van der Waals surface area contributed by atoms with Crippen LogP contribution in [0.1, 0.15) is 41.9 Å². The molecular formula is C9H14N4O2. The molecule has 1 aliphatic rings. The lowest BCUT2D eigenvalue weighted by Crippen LogP contribution is -2.25. The molecule has 1 aromatic heterocycles. The minimum Gasteiger partial charge on any atom is -0.476 e. The van der Waals surface area contributed by atoms with Gasteiger partial charge in [-0.3, -0.25) is 0 Å². The Bertz CT molecular complexity index is 363. The van der Waals surface area contributed by atoms with Crippen molar-refractivity contribution in [2.75, 3.05) is 6.54 Å². The average molecular weight is 210 g/mol. The van der Waals surface area contributed by atoms with Gasteiger partial charge in [-0.15, -0.1) is 5.10 Å². The highest BCUT2D eigenvalue weighted by atomic mass is 16.4. The number of aromatic nitrogens is 3. The monoisotopic (exact) mass is 210 g/mol. The van der Waals surface area contributed by atoms with Crippen LogP contribution in [0.3, 0.4) is 0 Å². The summed E-state index contributed by atoms with van der Waals surface area (Å²) in [4.78, 5) is 10.9. The molecule has 0 spiro atoms. The predicted molar refractivity (Wildman–Crippen MR) is 52.8 cm³/mol. The molecule has 2 heterocycles. The van der Waals surface area contributed by atoms with Crippen LogP contribution in [-0.4, -0.2) is 39.1 Å². The third-order valence-corrected chi connectivity index (χ3v) is 2.92. The standard InChI is InChI=1S/C9H14N4O2/c1-2-6-5(3-4-10-6)7-8(9(14)15)12-13-11-7/h5-6,10H,2-4H2,1H3,(H,14,15)(H,11,12,13). The van der Waals surface area contributed by atoms with Crippen LogP contribution in [0.2, 0.25) is 0 Å². The van der Waals surface area contributed by atoms with Crippen molar-refractivity contribution in [3.63, 3.8) is 0 Å². The van der Waals surface area contributed by atoms with Crippen molar-refractivity contribution in [3.8, 4) is 0 Å². The highest BCUT2D eigenvalue weighted by Gasteiger charge is 2.32. The first-order valence-electron chi connectivity index (χ1n) is 5.11. The summed E-state index contributed by atoms with van der Waals surface area (Å²) < 4.78 is 0. The molecule has 1 aromatic rings. The van der Waals surface area contributed by atoms with E-state index < -0.39 is 5.97 Å². The summed E-state index contributed by atoms with van der Waals surface area (Å²) >= 11 is 0. The van der Waals surface area contributed by atoms with Gasteiger partial charge in [0.1, 0.15) is 5.69 Å². The molecule has 0 aliphatic carbocycles. The third kappa shape index (κ3) is 1.72. The van der Waals surface area contributed by atoms with Crippen LogP contribution < -0.4 is 5.32 Å². The molecule has 1 fully saturated rings. The van der Waals surface area contributed by atoms with Crippen LogP contribution in [0.25, 0.3) is 0 Å². The molecule has 3 N–H and O–H groups in total. The molecule has 2 unspecified atom stereocenters. The Balaban J connectivity index is 2.28. The van der Waals surface area contributed by atoms with E-state index in [1.165, 1.54) is 0 Å². The van der Waals surface area contributed by atoms with E-state index in [1.54, 1.807) is 0 Å². The number of hydrogen-bond donors (Lipinski definition) is 3. The van der Waals surface area contributed by atoms with E-state index in [4.69, 9.17) is 5.11 Å². The van der Waals surface area contributed by atoms with Gasteiger partial charge >= 0.3 is 5.97 Å². The second-order valence-electron chi connectivity index (χ2n) is 3.73. The van der Waals surface area contributed by atoms with Gasteiger partial charge in [0.25, 0.3) is 0 Å².